The highest BCUT2D eigenvalue weighted by Gasteiger charge is 2.28. The second kappa shape index (κ2) is 8.33. The average molecular weight is 354 g/mol. The summed E-state index contributed by atoms with van der Waals surface area (Å²) in [5.74, 6) is 0. The number of pyridine rings is 1. The topological polar surface area (TPSA) is 51.6 Å². The number of nitrogens with one attached hydrogen (secondary N) is 1. The summed E-state index contributed by atoms with van der Waals surface area (Å²) in [7, 11) is 0. The minimum absolute atomic E-state index is 0.225. The molecule has 1 saturated heterocycles. The quantitative estimate of drug-likeness (QED) is 0.745. The summed E-state index contributed by atoms with van der Waals surface area (Å²) < 4.78 is 0. The molecule has 2 N–H and O–H groups in total. The molecule has 1 unspecified atom stereocenters. The lowest BCUT2D eigenvalue weighted by Crippen LogP contribution is -2.50. The highest BCUT2D eigenvalue weighted by Crippen LogP contribution is 2.36. The summed E-state index contributed by atoms with van der Waals surface area (Å²) in [6.07, 6.45) is 8.87. The third-order valence-electron chi connectivity index (χ3n) is 5.81. The molecule has 0 radical (unpaired) electrons. The predicted molar refractivity (Wildman–Crippen MR) is 107 cm³/mol. The number of nitrogens with zero attached hydrogens (tertiary/aromatic N) is 3. The zero-order valence-electron chi connectivity index (χ0n) is 15.5. The largest absolute Gasteiger partial charge is 0.395 e. The molecular weight excluding hydrogens is 324 g/mol. The summed E-state index contributed by atoms with van der Waals surface area (Å²) in [5, 5.41) is 14.8. The highest BCUT2D eigenvalue weighted by molar-refractivity contribution is 5.97. The first-order valence-corrected chi connectivity index (χ1v) is 10.0. The lowest BCUT2D eigenvalue weighted by molar-refractivity contribution is 0.200. The Bertz CT molecular complexity index is 730. The number of piperidine rings is 1. The summed E-state index contributed by atoms with van der Waals surface area (Å²) >= 11 is 0. The Hall–Kier alpha value is -1.69. The Labute approximate surface area is 156 Å². The molecular formula is C21H30N4O. The molecule has 0 bridgehead atoms. The van der Waals surface area contributed by atoms with Crippen molar-refractivity contribution in [2.75, 3.05) is 50.8 Å². The summed E-state index contributed by atoms with van der Waals surface area (Å²) in [6.45, 7) is 6.55. The van der Waals surface area contributed by atoms with Gasteiger partial charge in [-0.1, -0.05) is 12.1 Å². The molecule has 3 heterocycles. The van der Waals surface area contributed by atoms with Crippen molar-refractivity contribution >= 4 is 16.5 Å². The maximum Gasteiger partial charge on any atom is 0.0555 e. The normalized spacial score (nSPS) is 20.7. The summed E-state index contributed by atoms with van der Waals surface area (Å²) in [6, 6.07) is 7.27. The smallest absolute Gasteiger partial charge is 0.0555 e. The fraction of sp³-hybridized carbons (Fsp3) is 0.571. The van der Waals surface area contributed by atoms with Crippen molar-refractivity contribution in [3.05, 3.63) is 36.2 Å². The van der Waals surface area contributed by atoms with E-state index < -0.39 is 0 Å². The molecule has 2 aliphatic rings. The molecule has 5 nitrogen and oxygen atoms in total. The first kappa shape index (κ1) is 17.7. The van der Waals surface area contributed by atoms with Gasteiger partial charge >= 0.3 is 0 Å². The summed E-state index contributed by atoms with van der Waals surface area (Å²) in [5.41, 5.74) is 2.81. The van der Waals surface area contributed by atoms with Crippen LogP contribution in [0.25, 0.3) is 10.8 Å². The van der Waals surface area contributed by atoms with E-state index in [1.165, 1.54) is 41.4 Å². The number of anilines is 1. The molecule has 0 saturated carbocycles. The van der Waals surface area contributed by atoms with Crippen LogP contribution in [0.3, 0.4) is 0 Å². The van der Waals surface area contributed by atoms with Crippen LogP contribution in [0.1, 0.15) is 24.8 Å². The molecule has 2 aliphatic heterocycles. The van der Waals surface area contributed by atoms with E-state index in [0.29, 0.717) is 12.6 Å². The molecule has 2 aromatic rings. The molecule has 5 heteroatoms. The van der Waals surface area contributed by atoms with Gasteiger partial charge in [0.05, 0.1) is 6.61 Å². The van der Waals surface area contributed by atoms with E-state index in [1.54, 1.807) is 0 Å². The highest BCUT2D eigenvalue weighted by atomic mass is 16.3. The van der Waals surface area contributed by atoms with Crippen LogP contribution >= 0.6 is 0 Å². The van der Waals surface area contributed by atoms with Gasteiger partial charge in [0.2, 0.25) is 0 Å². The number of hydrogen-bond donors (Lipinski definition) is 2. The minimum Gasteiger partial charge on any atom is -0.395 e. The molecule has 1 atom stereocenters. The van der Waals surface area contributed by atoms with Crippen molar-refractivity contribution in [2.24, 2.45) is 0 Å². The fourth-order valence-electron chi connectivity index (χ4n) is 4.58. The zero-order chi connectivity index (χ0) is 17.8. The van der Waals surface area contributed by atoms with Gasteiger partial charge in [-0.15, -0.1) is 0 Å². The van der Waals surface area contributed by atoms with Crippen LogP contribution in [0.4, 0.5) is 5.69 Å². The van der Waals surface area contributed by atoms with Crippen molar-refractivity contribution in [3.8, 4) is 0 Å². The third-order valence-corrected chi connectivity index (χ3v) is 5.81. The van der Waals surface area contributed by atoms with E-state index in [2.05, 4.69) is 44.5 Å². The number of benzene rings is 1. The minimum atomic E-state index is 0.225. The van der Waals surface area contributed by atoms with Gasteiger partial charge in [-0.05, 0) is 56.9 Å². The van der Waals surface area contributed by atoms with Gasteiger partial charge in [0, 0.05) is 54.5 Å². The maximum atomic E-state index is 8.84. The van der Waals surface area contributed by atoms with Crippen molar-refractivity contribution in [2.45, 2.75) is 31.7 Å². The van der Waals surface area contributed by atoms with Gasteiger partial charge in [0.25, 0.3) is 0 Å². The van der Waals surface area contributed by atoms with Crippen LogP contribution in [-0.4, -0.2) is 66.9 Å². The number of aliphatic hydroxyl groups is 1. The van der Waals surface area contributed by atoms with Gasteiger partial charge in [0.1, 0.15) is 0 Å². The second-order valence-corrected chi connectivity index (χ2v) is 7.54. The number of aliphatic hydroxyl groups excluding tert-OH is 1. The lowest BCUT2D eigenvalue weighted by atomic mass is 9.95. The van der Waals surface area contributed by atoms with Gasteiger partial charge < -0.3 is 20.2 Å². The van der Waals surface area contributed by atoms with E-state index in [9.17, 15) is 0 Å². The Balaban J connectivity index is 1.44. The number of aromatic nitrogens is 1. The number of hydrogen-bond acceptors (Lipinski definition) is 5. The Morgan fingerprint density at radius 3 is 3.08 bits per heavy atom. The van der Waals surface area contributed by atoms with E-state index >= 15 is 0 Å². The molecule has 1 aromatic carbocycles. The van der Waals surface area contributed by atoms with E-state index in [-0.39, 0.29) is 6.61 Å². The summed E-state index contributed by atoms with van der Waals surface area (Å²) in [4.78, 5) is 9.70. The van der Waals surface area contributed by atoms with Gasteiger partial charge in [-0.3, -0.25) is 4.98 Å². The van der Waals surface area contributed by atoms with Crippen molar-refractivity contribution in [1.29, 1.82) is 0 Å². The molecule has 26 heavy (non-hydrogen) atoms. The predicted octanol–water partition coefficient (Wildman–Crippen LogP) is 2.03. The van der Waals surface area contributed by atoms with Crippen molar-refractivity contribution < 1.29 is 5.11 Å². The van der Waals surface area contributed by atoms with Crippen LogP contribution in [0, 0.1) is 0 Å². The zero-order valence-corrected chi connectivity index (χ0v) is 15.5. The fourth-order valence-corrected chi connectivity index (χ4v) is 4.58. The molecule has 1 fully saturated rings. The third kappa shape index (κ3) is 3.70. The molecule has 140 valence electrons. The van der Waals surface area contributed by atoms with Crippen LogP contribution in [0.5, 0.6) is 0 Å². The van der Waals surface area contributed by atoms with Crippen LogP contribution in [0.2, 0.25) is 0 Å². The first-order valence-electron chi connectivity index (χ1n) is 10.0. The van der Waals surface area contributed by atoms with Crippen LogP contribution in [-0.2, 0) is 6.42 Å². The van der Waals surface area contributed by atoms with Crippen LogP contribution in [0.15, 0.2) is 30.6 Å². The number of rotatable bonds is 7. The van der Waals surface area contributed by atoms with E-state index in [4.69, 9.17) is 5.11 Å². The molecule has 0 amide bonds. The molecule has 4 rings (SSSR count). The van der Waals surface area contributed by atoms with Crippen molar-refractivity contribution in [1.82, 2.24) is 15.2 Å². The van der Waals surface area contributed by atoms with Crippen molar-refractivity contribution in [3.63, 3.8) is 0 Å². The molecule has 1 aromatic heterocycles. The second-order valence-electron chi connectivity index (χ2n) is 7.54. The molecule has 0 aliphatic carbocycles. The number of likely N-dealkylation sites (tertiary alicyclic amines) is 1. The van der Waals surface area contributed by atoms with Gasteiger partial charge in [-0.25, -0.2) is 0 Å². The SMILES string of the molecule is OCCNCCCN1CCCC(N2CCc3cncc4cccc2c34)C1. The Morgan fingerprint density at radius 1 is 1.19 bits per heavy atom. The van der Waals surface area contributed by atoms with E-state index in [0.717, 1.165) is 39.0 Å². The monoisotopic (exact) mass is 354 g/mol. The van der Waals surface area contributed by atoms with Gasteiger partial charge in [-0.2, -0.15) is 0 Å². The van der Waals surface area contributed by atoms with Gasteiger partial charge in [0.15, 0.2) is 0 Å². The lowest BCUT2D eigenvalue weighted by Gasteiger charge is -2.43. The first-order chi connectivity index (χ1) is 12.9. The maximum absolute atomic E-state index is 8.84. The standard InChI is InChI=1S/C21H30N4O/c26-13-9-22-8-3-11-24-10-2-5-19(16-24)25-12-7-18-15-23-14-17-4-1-6-20(25)21(17)18/h1,4,6,14-15,19,22,26H,2-3,5,7-13,16H2. The Morgan fingerprint density at radius 2 is 2.15 bits per heavy atom. The average Bonchev–Trinajstić information content (AvgIpc) is 2.69. The Kier molecular flexibility index (Phi) is 5.68. The molecule has 0 spiro atoms. The van der Waals surface area contributed by atoms with E-state index in [1.807, 2.05) is 6.20 Å². The van der Waals surface area contributed by atoms with Crippen LogP contribution < -0.4 is 10.2 Å².